The van der Waals surface area contributed by atoms with Gasteiger partial charge in [0.1, 0.15) is 6.29 Å². The quantitative estimate of drug-likeness (QED) is 0.403. The molecule has 0 saturated heterocycles. The van der Waals surface area contributed by atoms with E-state index in [1.807, 2.05) is 13.8 Å². The van der Waals surface area contributed by atoms with Crippen molar-refractivity contribution in [3.63, 3.8) is 0 Å². The monoisotopic (exact) mass is 212 g/mol. The Hall–Kier alpha value is -0.330. The van der Waals surface area contributed by atoms with Crippen LogP contribution in [0.3, 0.4) is 0 Å². The van der Waals surface area contributed by atoms with Gasteiger partial charge in [-0.05, 0) is 12.3 Å². The van der Waals surface area contributed by atoms with Crippen LogP contribution in [0.4, 0.5) is 0 Å². The van der Waals surface area contributed by atoms with Gasteiger partial charge in [0.2, 0.25) is 0 Å². The van der Waals surface area contributed by atoms with E-state index in [-0.39, 0.29) is 5.41 Å². The van der Waals surface area contributed by atoms with Gasteiger partial charge in [-0.15, -0.1) is 0 Å². The van der Waals surface area contributed by atoms with Crippen molar-refractivity contribution in [1.82, 2.24) is 0 Å². The lowest BCUT2D eigenvalue weighted by atomic mass is 9.78. The van der Waals surface area contributed by atoms with Crippen molar-refractivity contribution in [2.24, 2.45) is 11.3 Å². The number of carbonyl (C=O) groups is 1. The first kappa shape index (κ1) is 14.7. The minimum absolute atomic E-state index is 0.135. The van der Waals surface area contributed by atoms with Crippen LogP contribution in [-0.4, -0.2) is 6.29 Å². The van der Waals surface area contributed by atoms with Crippen molar-refractivity contribution < 1.29 is 4.79 Å². The lowest BCUT2D eigenvalue weighted by Gasteiger charge is -2.25. The molecule has 0 aliphatic carbocycles. The Kier molecular flexibility index (Phi) is 7.72. The van der Waals surface area contributed by atoms with Crippen molar-refractivity contribution in [2.75, 3.05) is 0 Å². The van der Waals surface area contributed by atoms with Gasteiger partial charge in [0.05, 0.1) is 0 Å². The molecular formula is C14H28O. The molecule has 0 spiro atoms. The smallest absolute Gasteiger partial charge is 0.125 e. The Labute approximate surface area is 95.6 Å². The van der Waals surface area contributed by atoms with Crippen LogP contribution in [0.5, 0.6) is 0 Å². The highest BCUT2D eigenvalue weighted by Gasteiger charge is 2.24. The predicted molar refractivity (Wildman–Crippen MR) is 67.0 cm³/mol. The highest BCUT2D eigenvalue weighted by atomic mass is 16.1. The zero-order chi connectivity index (χ0) is 11.7. The number of hydrogen-bond acceptors (Lipinski definition) is 1. The van der Waals surface area contributed by atoms with E-state index in [1.165, 1.54) is 44.9 Å². The molecule has 0 aromatic carbocycles. The van der Waals surface area contributed by atoms with E-state index in [0.717, 1.165) is 6.29 Å². The van der Waals surface area contributed by atoms with Crippen molar-refractivity contribution in [2.45, 2.75) is 72.6 Å². The van der Waals surface area contributed by atoms with Gasteiger partial charge >= 0.3 is 0 Å². The highest BCUT2D eigenvalue weighted by molar-refractivity contribution is 5.58. The maximum absolute atomic E-state index is 10.8. The average Bonchev–Trinajstić information content (AvgIpc) is 2.22. The summed E-state index contributed by atoms with van der Waals surface area (Å²) in [5.41, 5.74) is -0.135. The van der Waals surface area contributed by atoms with E-state index in [0.29, 0.717) is 5.92 Å². The lowest BCUT2D eigenvalue weighted by Crippen LogP contribution is -2.22. The Morgan fingerprint density at radius 1 is 1.07 bits per heavy atom. The first-order valence-electron chi connectivity index (χ1n) is 6.51. The average molecular weight is 212 g/mol. The number of carbonyl (C=O) groups excluding carboxylic acids is 1. The van der Waals surface area contributed by atoms with Gasteiger partial charge in [0.25, 0.3) is 0 Å². The third-order valence-electron chi connectivity index (χ3n) is 3.56. The molecular weight excluding hydrogens is 184 g/mol. The van der Waals surface area contributed by atoms with Crippen molar-refractivity contribution >= 4 is 6.29 Å². The third kappa shape index (κ3) is 6.70. The topological polar surface area (TPSA) is 17.1 Å². The van der Waals surface area contributed by atoms with Crippen LogP contribution in [-0.2, 0) is 4.79 Å². The van der Waals surface area contributed by atoms with Crippen molar-refractivity contribution in [3.8, 4) is 0 Å². The first-order valence-corrected chi connectivity index (χ1v) is 6.51. The molecule has 0 saturated carbocycles. The summed E-state index contributed by atoms with van der Waals surface area (Å²) >= 11 is 0. The van der Waals surface area contributed by atoms with Gasteiger partial charge in [-0.2, -0.15) is 0 Å². The maximum Gasteiger partial charge on any atom is 0.125 e. The van der Waals surface area contributed by atoms with Crippen LogP contribution in [0.15, 0.2) is 0 Å². The summed E-state index contributed by atoms with van der Waals surface area (Å²) in [5.74, 6) is 0.515. The number of unbranched alkanes of at least 4 members (excludes halogenated alkanes) is 5. The summed E-state index contributed by atoms with van der Waals surface area (Å²) in [6.07, 6.45) is 10.3. The third-order valence-corrected chi connectivity index (χ3v) is 3.56. The van der Waals surface area contributed by atoms with Crippen LogP contribution in [0.1, 0.15) is 72.6 Å². The van der Waals surface area contributed by atoms with Crippen LogP contribution in [0, 0.1) is 11.3 Å². The van der Waals surface area contributed by atoms with E-state index in [9.17, 15) is 4.79 Å². The standard InChI is InChI=1S/C14H28O/c1-5-6-7-8-9-10-11-13(2)14(3,4)12-15/h12-13H,5-11H2,1-4H3. The normalized spacial score (nSPS) is 13.9. The molecule has 0 heterocycles. The molecule has 0 N–H and O–H groups in total. The predicted octanol–water partition coefficient (Wildman–Crippen LogP) is 4.60. The van der Waals surface area contributed by atoms with Crippen LogP contribution in [0.25, 0.3) is 0 Å². The van der Waals surface area contributed by atoms with E-state index in [4.69, 9.17) is 0 Å². The van der Waals surface area contributed by atoms with Gasteiger partial charge in [0.15, 0.2) is 0 Å². The highest BCUT2D eigenvalue weighted by Crippen LogP contribution is 2.28. The summed E-state index contributed by atoms with van der Waals surface area (Å²) in [6, 6.07) is 0. The molecule has 0 fully saturated rings. The molecule has 1 atom stereocenters. The molecule has 1 unspecified atom stereocenters. The number of aldehydes is 1. The molecule has 0 aliphatic rings. The van der Waals surface area contributed by atoms with E-state index >= 15 is 0 Å². The zero-order valence-corrected chi connectivity index (χ0v) is 11.0. The Morgan fingerprint density at radius 3 is 2.13 bits per heavy atom. The van der Waals surface area contributed by atoms with Gasteiger partial charge in [-0.1, -0.05) is 66.2 Å². The fourth-order valence-corrected chi connectivity index (χ4v) is 1.72. The Balaban J connectivity index is 3.47. The van der Waals surface area contributed by atoms with Crippen molar-refractivity contribution in [3.05, 3.63) is 0 Å². The Morgan fingerprint density at radius 2 is 1.60 bits per heavy atom. The first-order chi connectivity index (χ1) is 7.04. The molecule has 90 valence electrons. The van der Waals surface area contributed by atoms with Crippen molar-refractivity contribution in [1.29, 1.82) is 0 Å². The van der Waals surface area contributed by atoms with Crippen LogP contribution < -0.4 is 0 Å². The fourth-order valence-electron chi connectivity index (χ4n) is 1.72. The molecule has 0 aromatic rings. The molecule has 0 rings (SSSR count). The molecule has 0 radical (unpaired) electrons. The van der Waals surface area contributed by atoms with Gasteiger partial charge in [-0.25, -0.2) is 0 Å². The number of rotatable bonds is 9. The summed E-state index contributed by atoms with van der Waals surface area (Å²) in [7, 11) is 0. The fraction of sp³-hybridized carbons (Fsp3) is 0.929. The summed E-state index contributed by atoms with van der Waals surface area (Å²) in [6.45, 7) is 8.53. The molecule has 0 amide bonds. The molecule has 1 nitrogen and oxygen atoms in total. The Bertz CT molecular complexity index is 161. The van der Waals surface area contributed by atoms with Gasteiger partial charge in [0, 0.05) is 5.41 Å². The second-order valence-electron chi connectivity index (χ2n) is 5.40. The number of hydrogen-bond donors (Lipinski definition) is 0. The summed E-state index contributed by atoms with van der Waals surface area (Å²) in [5, 5.41) is 0. The SMILES string of the molecule is CCCCCCCCC(C)C(C)(C)C=O. The molecule has 15 heavy (non-hydrogen) atoms. The molecule has 0 aliphatic heterocycles. The minimum atomic E-state index is -0.135. The molecule has 0 aromatic heterocycles. The summed E-state index contributed by atoms with van der Waals surface area (Å²) in [4.78, 5) is 10.8. The largest absolute Gasteiger partial charge is 0.303 e. The van der Waals surface area contributed by atoms with Crippen LogP contribution in [0.2, 0.25) is 0 Å². The summed E-state index contributed by atoms with van der Waals surface area (Å²) < 4.78 is 0. The zero-order valence-electron chi connectivity index (χ0n) is 11.0. The molecule has 0 bridgehead atoms. The minimum Gasteiger partial charge on any atom is -0.303 e. The maximum atomic E-state index is 10.8. The van der Waals surface area contributed by atoms with E-state index in [2.05, 4.69) is 13.8 Å². The lowest BCUT2D eigenvalue weighted by molar-refractivity contribution is -0.116. The van der Waals surface area contributed by atoms with E-state index in [1.54, 1.807) is 0 Å². The second kappa shape index (κ2) is 7.90. The van der Waals surface area contributed by atoms with Gasteiger partial charge < -0.3 is 4.79 Å². The molecule has 1 heteroatoms. The van der Waals surface area contributed by atoms with Crippen LogP contribution >= 0.6 is 0 Å². The second-order valence-corrected chi connectivity index (χ2v) is 5.40. The van der Waals surface area contributed by atoms with E-state index < -0.39 is 0 Å². The van der Waals surface area contributed by atoms with Gasteiger partial charge in [-0.3, -0.25) is 0 Å².